The van der Waals surface area contributed by atoms with E-state index in [1.54, 1.807) is 22.8 Å². The summed E-state index contributed by atoms with van der Waals surface area (Å²) in [6.45, 7) is 2.00. The van der Waals surface area contributed by atoms with Crippen molar-refractivity contribution >= 4 is 45.7 Å². The van der Waals surface area contributed by atoms with Crippen LogP contribution in [-0.2, 0) is 5.75 Å². The van der Waals surface area contributed by atoms with E-state index in [0.717, 1.165) is 11.3 Å². The third-order valence-corrected chi connectivity index (χ3v) is 7.60. The third kappa shape index (κ3) is 4.06. The Hall–Kier alpha value is -3.07. The number of thioether (sulfide) groups is 1. The molecule has 0 aliphatic carbocycles. The second-order valence-electron chi connectivity index (χ2n) is 7.39. The Morgan fingerprint density at radius 1 is 0.970 bits per heavy atom. The van der Waals surface area contributed by atoms with Gasteiger partial charge in [0.25, 0.3) is 5.56 Å². The number of benzene rings is 3. The van der Waals surface area contributed by atoms with Crippen LogP contribution in [0.25, 0.3) is 21.7 Å². The monoisotopic (exact) mass is 491 g/mol. The highest BCUT2D eigenvalue weighted by atomic mass is 32.2. The molecule has 0 saturated carbocycles. The lowest BCUT2D eigenvalue weighted by molar-refractivity contribution is 0.617. The zero-order valence-corrected chi connectivity index (χ0v) is 20.0. The van der Waals surface area contributed by atoms with Gasteiger partial charge >= 0.3 is 0 Å². The second kappa shape index (κ2) is 9.05. The van der Waals surface area contributed by atoms with Crippen LogP contribution in [0.4, 0.5) is 4.39 Å². The topological polar surface area (TPSA) is 39.8 Å². The van der Waals surface area contributed by atoms with Gasteiger partial charge in [0.1, 0.15) is 10.5 Å². The molecular weight excluding hydrogens is 473 g/mol. The summed E-state index contributed by atoms with van der Waals surface area (Å²) in [4.78, 5) is 18.6. The maximum Gasteiger partial charge on any atom is 0.278 e. The van der Waals surface area contributed by atoms with Crippen LogP contribution in [0.1, 0.15) is 11.1 Å². The maximum atomic E-state index is 14.3. The quantitative estimate of drug-likeness (QED) is 0.156. The summed E-state index contributed by atoms with van der Waals surface area (Å²) in [5.41, 5.74) is 3.51. The molecule has 0 radical (unpaired) electrons. The highest BCUT2D eigenvalue weighted by Crippen LogP contribution is 2.30. The van der Waals surface area contributed by atoms with Gasteiger partial charge in [0.05, 0.1) is 11.4 Å². The molecule has 2 heterocycles. The smallest absolute Gasteiger partial charge is 0.275 e. The molecule has 4 nitrogen and oxygen atoms in total. The molecule has 0 unspecified atom stereocenters. The van der Waals surface area contributed by atoms with Gasteiger partial charge in [-0.2, -0.15) is 0 Å². The average Bonchev–Trinajstić information content (AvgIpc) is 3.15. The molecule has 0 aliphatic heterocycles. The van der Waals surface area contributed by atoms with Crippen molar-refractivity contribution in [2.24, 2.45) is 0 Å². The normalized spacial score (nSPS) is 11.2. The first-order chi connectivity index (χ1) is 16.0. The van der Waals surface area contributed by atoms with E-state index in [4.69, 9.17) is 17.2 Å². The minimum absolute atomic E-state index is 0.189. The van der Waals surface area contributed by atoms with Crippen LogP contribution in [0.2, 0.25) is 0 Å². The van der Waals surface area contributed by atoms with Crippen LogP contribution in [0.15, 0.2) is 88.8 Å². The molecule has 0 atom stereocenters. The van der Waals surface area contributed by atoms with Crippen molar-refractivity contribution in [3.63, 3.8) is 0 Å². The van der Waals surface area contributed by atoms with Gasteiger partial charge in [0, 0.05) is 5.75 Å². The first-order valence-electron chi connectivity index (χ1n) is 10.2. The molecule has 0 bridgehead atoms. The van der Waals surface area contributed by atoms with Crippen LogP contribution < -0.4 is 5.56 Å². The van der Waals surface area contributed by atoms with Crippen molar-refractivity contribution in [2.75, 3.05) is 0 Å². The largest absolute Gasteiger partial charge is 0.278 e. The molecule has 0 spiro atoms. The van der Waals surface area contributed by atoms with Crippen molar-refractivity contribution in [3.8, 4) is 11.4 Å². The van der Waals surface area contributed by atoms with E-state index in [2.05, 4.69) is 0 Å². The molecule has 33 heavy (non-hydrogen) atoms. The molecular formula is C25H18FN3OS3. The van der Waals surface area contributed by atoms with Crippen LogP contribution in [0.5, 0.6) is 0 Å². The average molecular weight is 492 g/mol. The lowest BCUT2D eigenvalue weighted by Gasteiger charge is -2.13. The number of nitrogens with zero attached hydrogens (tertiary/aromatic N) is 3. The Balaban J connectivity index is 1.75. The first-order valence-corrected chi connectivity index (χ1v) is 12.4. The van der Waals surface area contributed by atoms with Crippen LogP contribution >= 0.6 is 35.3 Å². The highest BCUT2D eigenvalue weighted by molar-refractivity contribution is 7.98. The Bertz CT molecular complexity index is 1590. The van der Waals surface area contributed by atoms with E-state index in [1.807, 2.05) is 66.1 Å². The Morgan fingerprint density at radius 2 is 1.67 bits per heavy atom. The molecule has 2 aromatic heterocycles. The van der Waals surface area contributed by atoms with E-state index >= 15 is 0 Å². The van der Waals surface area contributed by atoms with Crippen LogP contribution in [0.3, 0.4) is 0 Å². The standard InChI is InChI=1S/C25H18FN3OS3/c1-16-9-5-8-14-20(16)29-22-21(33-25(29)31)23(30)28(18-11-3-2-4-12-18)24(27-22)32-15-17-10-6-7-13-19(17)26/h2-14H,15H2,1H3. The zero-order valence-electron chi connectivity index (χ0n) is 17.6. The summed E-state index contributed by atoms with van der Waals surface area (Å²) >= 11 is 8.23. The summed E-state index contributed by atoms with van der Waals surface area (Å²) < 4.78 is 18.7. The number of thiazole rings is 1. The van der Waals surface area contributed by atoms with E-state index in [0.29, 0.717) is 36.5 Å². The van der Waals surface area contributed by atoms with E-state index in [1.165, 1.54) is 29.2 Å². The van der Waals surface area contributed by atoms with E-state index in [-0.39, 0.29) is 11.4 Å². The minimum atomic E-state index is -0.280. The number of halogens is 1. The molecule has 0 amide bonds. The molecule has 0 N–H and O–H groups in total. The summed E-state index contributed by atoms with van der Waals surface area (Å²) in [5.74, 6) is 0.0604. The SMILES string of the molecule is Cc1ccccc1-n1c(=S)sc2c(=O)n(-c3ccccc3)c(SCc3ccccc3F)nc21. The van der Waals surface area contributed by atoms with Gasteiger partial charge < -0.3 is 0 Å². The van der Waals surface area contributed by atoms with Crippen molar-refractivity contribution in [1.82, 2.24) is 14.1 Å². The van der Waals surface area contributed by atoms with E-state index < -0.39 is 0 Å². The van der Waals surface area contributed by atoms with Gasteiger partial charge in [-0.3, -0.25) is 13.9 Å². The van der Waals surface area contributed by atoms with Gasteiger partial charge in [-0.1, -0.05) is 77.7 Å². The summed E-state index contributed by atoms with van der Waals surface area (Å²) in [6, 6.07) is 23.9. The van der Waals surface area contributed by atoms with Crippen LogP contribution in [-0.4, -0.2) is 14.1 Å². The number of hydrogen-bond donors (Lipinski definition) is 0. The number of hydrogen-bond acceptors (Lipinski definition) is 5. The van der Waals surface area contributed by atoms with Gasteiger partial charge in [-0.05, 0) is 54.5 Å². The van der Waals surface area contributed by atoms with Gasteiger partial charge in [0.15, 0.2) is 14.8 Å². The van der Waals surface area contributed by atoms with Crippen molar-refractivity contribution in [2.45, 2.75) is 17.8 Å². The summed E-state index contributed by atoms with van der Waals surface area (Å²) in [5, 5.41) is 0.483. The number of rotatable bonds is 5. The Kier molecular flexibility index (Phi) is 5.97. The fourth-order valence-corrected chi connectivity index (χ4v) is 5.90. The van der Waals surface area contributed by atoms with Gasteiger partial charge in [0.2, 0.25) is 0 Å². The lowest BCUT2D eigenvalue weighted by Crippen LogP contribution is -2.21. The summed E-state index contributed by atoms with van der Waals surface area (Å²) in [6.07, 6.45) is 0. The molecule has 3 aromatic carbocycles. The maximum absolute atomic E-state index is 14.3. The highest BCUT2D eigenvalue weighted by Gasteiger charge is 2.20. The molecule has 8 heteroatoms. The molecule has 164 valence electrons. The molecule has 0 aliphatic rings. The predicted molar refractivity (Wildman–Crippen MR) is 136 cm³/mol. The molecule has 5 rings (SSSR count). The third-order valence-electron chi connectivity index (χ3n) is 5.26. The molecule has 5 aromatic rings. The second-order valence-corrected chi connectivity index (χ2v) is 9.98. The van der Waals surface area contributed by atoms with E-state index in [9.17, 15) is 9.18 Å². The van der Waals surface area contributed by atoms with Gasteiger partial charge in [-0.25, -0.2) is 9.37 Å². The van der Waals surface area contributed by atoms with Crippen molar-refractivity contribution in [1.29, 1.82) is 0 Å². The fourth-order valence-electron chi connectivity index (χ4n) is 3.62. The number of aromatic nitrogens is 3. The number of fused-ring (bicyclic) bond motifs is 1. The first kappa shape index (κ1) is 21.8. The summed E-state index contributed by atoms with van der Waals surface area (Å²) in [7, 11) is 0. The Morgan fingerprint density at radius 3 is 2.42 bits per heavy atom. The number of para-hydroxylation sites is 2. The number of aryl methyl sites for hydroxylation is 1. The Labute approximate surface area is 203 Å². The predicted octanol–water partition coefficient (Wildman–Crippen LogP) is 6.71. The molecule has 0 fully saturated rings. The lowest BCUT2D eigenvalue weighted by atomic mass is 10.2. The zero-order chi connectivity index (χ0) is 22.9. The van der Waals surface area contributed by atoms with Crippen molar-refractivity contribution in [3.05, 3.63) is 110 Å². The minimum Gasteiger partial charge on any atom is -0.275 e. The van der Waals surface area contributed by atoms with Crippen LogP contribution in [0, 0.1) is 16.7 Å². The van der Waals surface area contributed by atoms with Gasteiger partial charge in [-0.15, -0.1) is 0 Å². The van der Waals surface area contributed by atoms with Crippen molar-refractivity contribution < 1.29 is 4.39 Å². The molecule has 0 saturated heterocycles. The fraction of sp³-hybridized carbons (Fsp3) is 0.0800.